The highest BCUT2D eigenvalue weighted by atomic mass is 15.0. The molecule has 4 heteroatoms. The molecular weight excluding hydrogens is 128 g/mol. The van der Waals surface area contributed by atoms with E-state index in [0.29, 0.717) is 5.69 Å². The lowest BCUT2D eigenvalue weighted by molar-refractivity contribution is 1.29. The SMILES string of the molecule is CNc1ccc([N+]#N)cn1. The molecule has 0 spiro atoms. The highest BCUT2D eigenvalue weighted by Gasteiger charge is 2.01. The minimum absolute atomic E-state index is 0.457. The summed E-state index contributed by atoms with van der Waals surface area (Å²) >= 11 is 0. The van der Waals surface area contributed by atoms with E-state index in [-0.39, 0.29) is 0 Å². The molecule has 0 amide bonds. The highest BCUT2D eigenvalue weighted by Crippen LogP contribution is 2.11. The Morgan fingerprint density at radius 3 is 2.80 bits per heavy atom. The van der Waals surface area contributed by atoms with Crippen molar-refractivity contribution < 1.29 is 0 Å². The molecule has 0 radical (unpaired) electrons. The van der Waals surface area contributed by atoms with Crippen LogP contribution < -0.4 is 5.32 Å². The largest absolute Gasteiger partial charge is 0.403 e. The van der Waals surface area contributed by atoms with E-state index < -0.39 is 0 Å². The molecule has 50 valence electrons. The smallest absolute Gasteiger partial charge is 0.373 e. The Morgan fingerprint density at radius 1 is 1.60 bits per heavy atom. The Hall–Kier alpha value is -1.63. The maximum Gasteiger partial charge on any atom is 0.403 e. The van der Waals surface area contributed by atoms with Crippen molar-refractivity contribution in [3.8, 4) is 0 Å². The fourth-order valence-corrected chi connectivity index (χ4v) is 0.593. The van der Waals surface area contributed by atoms with Crippen molar-refractivity contribution >= 4 is 11.5 Å². The van der Waals surface area contributed by atoms with Gasteiger partial charge < -0.3 is 5.32 Å². The molecular formula is C6H7N4+. The van der Waals surface area contributed by atoms with Crippen LogP contribution in [0.5, 0.6) is 0 Å². The van der Waals surface area contributed by atoms with Crippen LogP contribution in [0.3, 0.4) is 0 Å². The lowest BCUT2D eigenvalue weighted by Gasteiger charge is -1.91. The number of pyridine rings is 1. The van der Waals surface area contributed by atoms with Crippen LogP contribution in [-0.4, -0.2) is 12.0 Å². The van der Waals surface area contributed by atoms with Gasteiger partial charge >= 0.3 is 5.69 Å². The van der Waals surface area contributed by atoms with Crippen molar-refractivity contribution in [2.75, 3.05) is 12.4 Å². The summed E-state index contributed by atoms with van der Waals surface area (Å²) in [6.07, 6.45) is 1.48. The number of anilines is 1. The molecule has 0 aliphatic rings. The zero-order valence-corrected chi connectivity index (χ0v) is 5.57. The van der Waals surface area contributed by atoms with Crippen LogP contribution in [-0.2, 0) is 0 Å². The first-order chi connectivity index (χ1) is 4.86. The molecule has 0 aromatic carbocycles. The Labute approximate surface area is 58.5 Å². The molecule has 0 atom stereocenters. The number of nitrogens with zero attached hydrogens (tertiary/aromatic N) is 3. The van der Waals surface area contributed by atoms with E-state index >= 15 is 0 Å². The molecule has 1 aromatic heterocycles. The van der Waals surface area contributed by atoms with Crippen LogP contribution >= 0.6 is 0 Å². The van der Waals surface area contributed by atoms with Gasteiger partial charge in [-0.25, -0.2) is 4.98 Å². The van der Waals surface area contributed by atoms with Crippen molar-refractivity contribution in [1.82, 2.24) is 4.98 Å². The van der Waals surface area contributed by atoms with Gasteiger partial charge in [-0.2, -0.15) is 0 Å². The number of aromatic nitrogens is 1. The third-order valence-corrected chi connectivity index (χ3v) is 1.12. The van der Waals surface area contributed by atoms with E-state index in [4.69, 9.17) is 5.39 Å². The Bertz CT molecular complexity index is 245. The lowest BCUT2D eigenvalue weighted by Crippen LogP contribution is -1.89. The van der Waals surface area contributed by atoms with Gasteiger partial charge in [0, 0.05) is 13.1 Å². The monoisotopic (exact) mass is 135 g/mol. The maximum absolute atomic E-state index is 8.27. The first kappa shape index (κ1) is 6.49. The zero-order chi connectivity index (χ0) is 7.40. The summed E-state index contributed by atoms with van der Waals surface area (Å²) in [6, 6.07) is 3.40. The summed E-state index contributed by atoms with van der Waals surface area (Å²) in [7, 11) is 1.78. The average molecular weight is 135 g/mol. The minimum Gasteiger partial charge on any atom is -0.373 e. The average Bonchev–Trinajstić information content (AvgIpc) is 2.05. The fraction of sp³-hybridized carbons (Fsp3) is 0.167. The first-order valence-electron chi connectivity index (χ1n) is 2.85. The molecule has 0 aliphatic carbocycles. The number of hydrogen-bond donors (Lipinski definition) is 1. The number of diazo groups is 1. The second kappa shape index (κ2) is 2.78. The van der Waals surface area contributed by atoms with E-state index in [0.717, 1.165) is 5.82 Å². The van der Waals surface area contributed by atoms with Gasteiger partial charge in [-0.15, -0.1) is 0 Å². The Kier molecular flexibility index (Phi) is 1.80. The highest BCUT2D eigenvalue weighted by molar-refractivity contribution is 5.46. The predicted octanol–water partition coefficient (Wildman–Crippen LogP) is 1.61. The van der Waals surface area contributed by atoms with Crippen LogP contribution in [0, 0.1) is 5.39 Å². The summed E-state index contributed by atoms with van der Waals surface area (Å²) in [5.74, 6) is 0.757. The van der Waals surface area contributed by atoms with Gasteiger partial charge in [0.05, 0.1) is 0 Å². The molecule has 1 rings (SSSR count). The third kappa shape index (κ3) is 1.20. The first-order valence-corrected chi connectivity index (χ1v) is 2.85. The van der Waals surface area contributed by atoms with Crippen LogP contribution in [0.1, 0.15) is 0 Å². The summed E-state index contributed by atoms with van der Waals surface area (Å²) in [5.41, 5.74) is 0.457. The van der Waals surface area contributed by atoms with Gasteiger partial charge in [-0.05, 0) is 6.07 Å². The quantitative estimate of drug-likeness (QED) is 0.595. The Morgan fingerprint density at radius 2 is 2.40 bits per heavy atom. The minimum atomic E-state index is 0.457. The van der Waals surface area contributed by atoms with Gasteiger partial charge in [-0.3, -0.25) is 0 Å². The molecule has 10 heavy (non-hydrogen) atoms. The van der Waals surface area contributed by atoms with Gasteiger partial charge in [-0.1, -0.05) is 0 Å². The topological polar surface area (TPSA) is 53.1 Å². The molecule has 4 nitrogen and oxygen atoms in total. The fourth-order valence-electron chi connectivity index (χ4n) is 0.593. The summed E-state index contributed by atoms with van der Waals surface area (Å²) in [5, 5.41) is 11.1. The normalized spacial score (nSPS) is 8.40. The molecule has 0 aliphatic heterocycles. The van der Waals surface area contributed by atoms with E-state index in [1.165, 1.54) is 6.20 Å². The molecule has 0 unspecified atom stereocenters. The van der Waals surface area contributed by atoms with E-state index in [1.54, 1.807) is 19.2 Å². The Balaban J connectivity index is 2.93. The van der Waals surface area contributed by atoms with Gasteiger partial charge in [0.1, 0.15) is 12.0 Å². The second-order valence-corrected chi connectivity index (χ2v) is 1.75. The number of nitrogens with one attached hydrogen (secondary N) is 1. The van der Waals surface area contributed by atoms with Gasteiger partial charge in [0.25, 0.3) is 0 Å². The number of hydrogen-bond acceptors (Lipinski definition) is 3. The second-order valence-electron chi connectivity index (χ2n) is 1.75. The number of rotatable bonds is 1. The predicted molar refractivity (Wildman–Crippen MR) is 38.5 cm³/mol. The molecule has 0 saturated carbocycles. The third-order valence-electron chi connectivity index (χ3n) is 1.12. The maximum atomic E-state index is 8.27. The lowest BCUT2D eigenvalue weighted by atomic mass is 10.4. The molecule has 1 aromatic rings. The molecule has 1 heterocycles. The molecule has 0 saturated heterocycles. The van der Waals surface area contributed by atoms with E-state index in [9.17, 15) is 0 Å². The van der Waals surface area contributed by atoms with E-state index in [2.05, 4.69) is 15.3 Å². The molecule has 0 fully saturated rings. The van der Waals surface area contributed by atoms with Crippen molar-refractivity contribution in [1.29, 1.82) is 5.39 Å². The molecule has 0 bridgehead atoms. The summed E-state index contributed by atoms with van der Waals surface area (Å²) in [6.45, 7) is 0. The van der Waals surface area contributed by atoms with E-state index in [1.807, 2.05) is 0 Å². The van der Waals surface area contributed by atoms with Crippen LogP contribution in [0.15, 0.2) is 18.3 Å². The van der Waals surface area contributed by atoms with Crippen molar-refractivity contribution in [3.63, 3.8) is 0 Å². The van der Waals surface area contributed by atoms with Crippen molar-refractivity contribution in [3.05, 3.63) is 23.3 Å². The summed E-state index contributed by atoms with van der Waals surface area (Å²) < 4.78 is 0. The van der Waals surface area contributed by atoms with Crippen LogP contribution in [0.4, 0.5) is 11.5 Å². The van der Waals surface area contributed by atoms with Crippen molar-refractivity contribution in [2.24, 2.45) is 0 Å². The van der Waals surface area contributed by atoms with Crippen LogP contribution in [0.2, 0.25) is 0 Å². The standard InChI is InChI=1S/C6H7N4/c1-8-6-3-2-5(10-7)4-9-6/h2-4H,1H3,(H,8,9)/q+1. The van der Waals surface area contributed by atoms with Crippen molar-refractivity contribution in [2.45, 2.75) is 0 Å². The van der Waals surface area contributed by atoms with Gasteiger partial charge in [0.2, 0.25) is 5.39 Å². The van der Waals surface area contributed by atoms with Crippen LogP contribution in [0.25, 0.3) is 4.98 Å². The zero-order valence-electron chi connectivity index (χ0n) is 5.57. The molecule has 1 N–H and O–H groups in total. The summed E-state index contributed by atoms with van der Waals surface area (Å²) in [4.78, 5) is 6.86. The van der Waals surface area contributed by atoms with Gasteiger partial charge in [0.15, 0.2) is 4.98 Å².